The van der Waals surface area contributed by atoms with Gasteiger partial charge in [-0.25, -0.2) is 14.4 Å². The van der Waals surface area contributed by atoms with Crippen molar-refractivity contribution in [2.24, 2.45) is 0 Å². The van der Waals surface area contributed by atoms with Crippen molar-refractivity contribution in [3.8, 4) is 34.0 Å². The fourth-order valence-corrected chi connectivity index (χ4v) is 5.84. The summed E-state index contributed by atoms with van der Waals surface area (Å²) in [6.45, 7) is 3.63. The fourth-order valence-electron chi connectivity index (χ4n) is 5.84. The lowest BCUT2D eigenvalue weighted by Gasteiger charge is -2.22. The van der Waals surface area contributed by atoms with Gasteiger partial charge in [-0.15, -0.1) is 0 Å². The van der Waals surface area contributed by atoms with Crippen molar-refractivity contribution < 1.29 is 13.9 Å². The van der Waals surface area contributed by atoms with Gasteiger partial charge in [0.1, 0.15) is 18.2 Å². The molecule has 0 unspecified atom stereocenters. The predicted octanol–water partition coefficient (Wildman–Crippen LogP) is 7.23. The Hall–Kier alpha value is -5.02. The molecule has 3 heterocycles. The number of aromatic amines is 1. The van der Waals surface area contributed by atoms with E-state index in [9.17, 15) is 0 Å². The van der Waals surface area contributed by atoms with E-state index in [4.69, 9.17) is 19.4 Å². The SMILES string of the molecule is COc1cc2nc(-c3ccc(-c4ccccc4)c(F)c3)nc(N(C)c3ccc4[nH]ncc4c3)c2cc1OCCN1CCCC1. The van der Waals surface area contributed by atoms with E-state index in [0.717, 1.165) is 47.2 Å². The number of halogens is 1. The van der Waals surface area contributed by atoms with E-state index in [1.165, 1.54) is 18.9 Å². The first-order valence-corrected chi connectivity index (χ1v) is 14.8. The number of anilines is 2. The molecular formula is C35H33FN6O2. The maximum Gasteiger partial charge on any atom is 0.162 e. The summed E-state index contributed by atoms with van der Waals surface area (Å²) in [4.78, 5) is 14.3. The highest BCUT2D eigenvalue weighted by molar-refractivity contribution is 5.96. The lowest BCUT2D eigenvalue weighted by atomic mass is 10.0. The van der Waals surface area contributed by atoms with Gasteiger partial charge in [0.2, 0.25) is 0 Å². The van der Waals surface area contributed by atoms with E-state index in [0.29, 0.717) is 46.4 Å². The third kappa shape index (κ3) is 5.42. The van der Waals surface area contributed by atoms with Gasteiger partial charge >= 0.3 is 0 Å². The molecule has 1 aliphatic heterocycles. The van der Waals surface area contributed by atoms with E-state index in [1.807, 2.05) is 72.6 Å². The Labute approximate surface area is 255 Å². The topological polar surface area (TPSA) is 79.4 Å². The number of aromatic nitrogens is 4. The summed E-state index contributed by atoms with van der Waals surface area (Å²) in [6, 6.07) is 24.5. The lowest BCUT2D eigenvalue weighted by molar-refractivity contribution is 0.230. The third-order valence-electron chi connectivity index (χ3n) is 8.27. The number of benzene rings is 4. The number of methoxy groups -OCH3 is 1. The summed E-state index contributed by atoms with van der Waals surface area (Å²) in [7, 11) is 3.59. The largest absolute Gasteiger partial charge is 0.493 e. The maximum atomic E-state index is 15.5. The van der Waals surface area contributed by atoms with Crippen LogP contribution in [0.3, 0.4) is 0 Å². The maximum absolute atomic E-state index is 15.5. The number of ether oxygens (including phenoxy) is 2. The van der Waals surface area contributed by atoms with Crippen LogP contribution in [-0.2, 0) is 0 Å². The molecule has 0 spiro atoms. The van der Waals surface area contributed by atoms with Gasteiger partial charge in [0.25, 0.3) is 0 Å². The summed E-state index contributed by atoms with van der Waals surface area (Å²) < 4.78 is 27.5. The van der Waals surface area contributed by atoms with Crippen LogP contribution >= 0.6 is 0 Å². The Morgan fingerprint density at radius 1 is 0.909 bits per heavy atom. The Morgan fingerprint density at radius 3 is 2.55 bits per heavy atom. The van der Waals surface area contributed by atoms with Crippen molar-refractivity contribution in [3.05, 3.63) is 90.9 Å². The average molecular weight is 589 g/mol. The van der Waals surface area contributed by atoms with Crippen LogP contribution in [0, 0.1) is 5.82 Å². The molecule has 0 atom stereocenters. The fraction of sp³-hybridized carbons (Fsp3) is 0.229. The summed E-state index contributed by atoms with van der Waals surface area (Å²) in [5.41, 5.74) is 4.45. The van der Waals surface area contributed by atoms with E-state index >= 15 is 4.39 Å². The number of fused-ring (bicyclic) bond motifs is 2. The minimum absolute atomic E-state index is 0.336. The van der Waals surface area contributed by atoms with E-state index in [2.05, 4.69) is 21.2 Å². The van der Waals surface area contributed by atoms with Gasteiger partial charge in [-0.05, 0) is 61.8 Å². The molecule has 1 N–H and O–H groups in total. The number of nitrogens with zero attached hydrogens (tertiary/aromatic N) is 5. The first-order chi connectivity index (χ1) is 21.6. The number of likely N-dealkylation sites (tertiary alicyclic amines) is 1. The third-order valence-corrected chi connectivity index (χ3v) is 8.27. The zero-order chi connectivity index (χ0) is 30.0. The van der Waals surface area contributed by atoms with Crippen LogP contribution in [0.4, 0.5) is 15.9 Å². The van der Waals surface area contributed by atoms with Crippen LogP contribution < -0.4 is 14.4 Å². The van der Waals surface area contributed by atoms with Crippen molar-refractivity contribution in [3.63, 3.8) is 0 Å². The molecule has 0 amide bonds. The predicted molar refractivity (Wildman–Crippen MR) is 172 cm³/mol. The number of rotatable bonds is 9. The Kier molecular flexibility index (Phi) is 7.54. The molecule has 7 rings (SSSR count). The van der Waals surface area contributed by atoms with Crippen LogP contribution in [0.2, 0.25) is 0 Å². The number of nitrogens with one attached hydrogen (secondary N) is 1. The van der Waals surface area contributed by atoms with E-state index in [1.54, 1.807) is 19.4 Å². The highest BCUT2D eigenvalue weighted by Gasteiger charge is 2.20. The number of hydrogen-bond acceptors (Lipinski definition) is 7. The summed E-state index contributed by atoms with van der Waals surface area (Å²) in [5.74, 6) is 1.95. The van der Waals surface area contributed by atoms with Crippen molar-refractivity contribution in [2.75, 3.05) is 45.3 Å². The van der Waals surface area contributed by atoms with Crippen molar-refractivity contribution in [1.82, 2.24) is 25.1 Å². The normalized spacial score (nSPS) is 13.5. The average Bonchev–Trinajstić information content (AvgIpc) is 3.76. The molecule has 0 aliphatic carbocycles. The Bertz CT molecular complexity index is 1940. The lowest BCUT2D eigenvalue weighted by Crippen LogP contribution is -2.25. The van der Waals surface area contributed by atoms with E-state index < -0.39 is 0 Å². The Balaban J connectivity index is 1.32. The van der Waals surface area contributed by atoms with Crippen molar-refractivity contribution in [2.45, 2.75) is 12.8 Å². The molecule has 4 aromatic carbocycles. The van der Waals surface area contributed by atoms with Gasteiger partial charge in [0.05, 0.1) is 24.3 Å². The zero-order valence-electron chi connectivity index (χ0n) is 24.8. The minimum atomic E-state index is -0.336. The minimum Gasteiger partial charge on any atom is -0.493 e. The molecule has 0 saturated carbocycles. The van der Waals surface area contributed by atoms with Crippen LogP contribution in [0.5, 0.6) is 11.5 Å². The number of H-pyrrole nitrogens is 1. The van der Waals surface area contributed by atoms with Crippen LogP contribution in [-0.4, -0.2) is 65.5 Å². The monoisotopic (exact) mass is 588 g/mol. The van der Waals surface area contributed by atoms with Crippen molar-refractivity contribution >= 4 is 33.3 Å². The van der Waals surface area contributed by atoms with Crippen LogP contribution in [0.1, 0.15) is 12.8 Å². The zero-order valence-corrected chi connectivity index (χ0v) is 24.8. The summed E-state index contributed by atoms with van der Waals surface area (Å²) in [5, 5.41) is 8.95. The van der Waals surface area contributed by atoms with Crippen LogP contribution in [0.15, 0.2) is 85.1 Å². The van der Waals surface area contributed by atoms with Gasteiger partial charge in [-0.2, -0.15) is 5.10 Å². The first-order valence-electron chi connectivity index (χ1n) is 14.8. The molecule has 9 heteroatoms. The molecule has 44 heavy (non-hydrogen) atoms. The smallest absolute Gasteiger partial charge is 0.162 e. The molecule has 2 aromatic heterocycles. The summed E-state index contributed by atoms with van der Waals surface area (Å²) >= 11 is 0. The molecule has 8 nitrogen and oxygen atoms in total. The van der Waals surface area contributed by atoms with Crippen LogP contribution in [0.25, 0.3) is 44.3 Å². The quantitative estimate of drug-likeness (QED) is 0.191. The molecule has 222 valence electrons. The molecule has 1 fully saturated rings. The first kappa shape index (κ1) is 27.8. The molecule has 1 saturated heterocycles. The molecular weight excluding hydrogens is 555 g/mol. The van der Waals surface area contributed by atoms with Gasteiger partial charge in [0.15, 0.2) is 17.3 Å². The van der Waals surface area contributed by atoms with E-state index in [-0.39, 0.29) is 5.82 Å². The molecule has 0 radical (unpaired) electrons. The number of hydrogen-bond donors (Lipinski definition) is 1. The van der Waals surface area contributed by atoms with Gasteiger partial charge in [-0.3, -0.25) is 10.00 Å². The Morgan fingerprint density at radius 2 is 1.75 bits per heavy atom. The van der Waals surface area contributed by atoms with Gasteiger partial charge < -0.3 is 14.4 Å². The van der Waals surface area contributed by atoms with Gasteiger partial charge in [-0.1, -0.05) is 42.5 Å². The molecule has 6 aromatic rings. The standard InChI is InChI=1S/C35H33FN6O2/c1-41(26-11-13-30-25(18-26)22-37-40-30)35-28-20-33(44-17-16-42-14-6-7-15-42)32(43-2)21-31(28)38-34(39-35)24-10-12-27(29(36)19-24)23-8-4-3-5-9-23/h3-5,8-13,18-22H,6-7,14-17H2,1-2H3,(H,37,40). The highest BCUT2D eigenvalue weighted by Crippen LogP contribution is 2.39. The molecule has 1 aliphatic rings. The van der Waals surface area contributed by atoms with Crippen molar-refractivity contribution in [1.29, 1.82) is 0 Å². The second-order valence-electron chi connectivity index (χ2n) is 11.0. The second kappa shape index (κ2) is 11.9. The summed E-state index contributed by atoms with van der Waals surface area (Å²) in [6.07, 6.45) is 4.26. The van der Waals surface area contributed by atoms with Gasteiger partial charge in [0, 0.05) is 47.2 Å². The second-order valence-corrected chi connectivity index (χ2v) is 11.0. The molecule has 0 bridgehead atoms. The highest BCUT2D eigenvalue weighted by atomic mass is 19.1.